The second-order valence-corrected chi connectivity index (χ2v) is 6.59. The van der Waals surface area contributed by atoms with Crippen LogP contribution in [-0.4, -0.2) is 15.0 Å². The number of rotatable bonds is 2. The Balaban J connectivity index is 1.89. The van der Waals surface area contributed by atoms with Crippen LogP contribution in [0.25, 0.3) is 21.6 Å². The SMILES string of the molecule is CC(C)c1nc(-c2cnc3ccsc3c2)nc2c1CNC2. The van der Waals surface area contributed by atoms with Gasteiger partial charge in [-0.25, -0.2) is 9.97 Å². The van der Waals surface area contributed by atoms with Crippen LogP contribution in [0.4, 0.5) is 0 Å². The molecule has 4 rings (SSSR count). The lowest BCUT2D eigenvalue weighted by molar-refractivity contribution is 0.746. The predicted octanol–water partition coefficient (Wildman–Crippen LogP) is 3.48. The highest BCUT2D eigenvalue weighted by Gasteiger charge is 2.21. The molecule has 0 spiro atoms. The number of nitrogens with one attached hydrogen (secondary N) is 1. The Bertz CT molecular complexity index is 822. The van der Waals surface area contributed by atoms with Crippen molar-refractivity contribution in [3.8, 4) is 11.4 Å². The van der Waals surface area contributed by atoms with Gasteiger partial charge in [-0.3, -0.25) is 4.98 Å². The summed E-state index contributed by atoms with van der Waals surface area (Å²) in [5.74, 6) is 1.20. The van der Waals surface area contributed by atoms with E-state index in [1.807, 2.05) is 12.3 Å². The Morgan fingerprint density at radius 3 is 3.00 bits per heavy atom. The molecule has 4 nitrogen and oxygen atoms in total. The highest BCUT2D eigenvalue weighted by molar-refractivity contribution is 7.17. The van der Waals surface area contributed by atoms with Crippen molar-refractivity contribution >= 4 is 21.6 Å². The van der Waals surface area contributed by atoms with Gasteiger partial charge >= 0.3 is 0 Å². The van der Waals surface area contributed by atoms with Crippen LogP contribution in [0.2, 0.25) is 0 Å². The summed E-state index contributed by atoms with van der Waals surface area (Å²) in [6, 6.07) is 4.18. The summed E-state index contributed by atoms with van der Waals surface area (Å²) < 4.78 is 1.18. The molecule has 0 radical (unpaired) electrons. The van der Waals surface area contributed by atoms with Crippen molar-refractivity contribution in [2.24, 2.45) is 0 Å². The Hall–Kier alpha value is -1.85. The van der Waals surface area contributed by atoms with Gasteiger partial charge in [-0.1, -0.05) is 13.8 Å². The van der Waals surface area contributed by atoms with E-state index in [2.05, 4.69) is 35.6 Å². The van der Waals surface area contributed by atoms with Gasteiger partial charge in [-0.2, -0.15) is 0 Å². The number of hydrogen-bond acceptors (Lipinski definition) is 5. The zero-order valence-corrected chi connectivity index (χ0v) is 12.9. The largest absolute Gasteiger partial charge is 0.307 e. The van der Waals surface area contributed by atoms with Crippen LogP contribution in [0.5, 0.6) is 0 Å². The fraction of sp³-hybridized carbons (Fsp3) is 0.312. The molecule has 0 atom stereocenters. The number of hydrogen-bond donors (Lipinski definition) is 1. The van der Waals surface area contributed by atoms with E-state index in [9.17, 15) is 0 Å². The molecule has 0 amide bonds. The lowest BCUT2D eigenvalue weighted by Gasteiger charge is -2.12. The van der Waals surface area contributed by atoms with Gasteiger partial charge in [-0.15, -0.1) is 11.3 Å². The van der Waals surface area contributed by atoms with Gasteiger partial charge < -0.3 is 5.32 Å². The van der Waals surface area contributed by atoms with E-state index in [1.54, 1.807) is 11.3 Å². The quantitative estimate of drug-likeness (QED) is 0.786. The molecule has 0 saturated heterocycles. The molecule has 0 unspecified atom stereocenters. The van der Waals surface area contributed by atoms with E-state index in [1.165, 1.54) is 10.3 Å². The zero-order valence-electron chi connectivity index (χ0n) is 12.1. The molecule has 0 bridgehead atoms. The average molecular weight is 296 g/mol. The van der Waals surface area contributed by atoms with Crippen molar-refractivity contribution in [1.82, 2.24) is 20.3 Å². The Morgan fingerprint density at radius 1 is 1.24 bits per heavy atom. The molecule has 21 heavy (non-hydrogen) atoms. The molecule has 106 valence electrons. The van der Waals surface area contributed by atoms with Crippen LogP contribution in [0.1, 0.15) is 36.7 Å². The van der Waals surface area contributed by atoms with Crippen molar-refractivity contribution in [3.05, 3.63) is 40.7 Å². The molecule has 0 saturated carbocycles. The van der Waals surface area contributed by atoms with Gasteiger partial charge in [0.05, 0.1) is 21.6 Å². The third-order valence-corrected chi connectivity index (χ3v) is 4.68. The molecule has 3 aromatic heterocycles. The van der Waals surface area contributed by atoms with E-state index in [0.717, 1.165) is 41.4 Å². The maximum atomic E-state index is 4.82. The minimum Gasteiger partial charge on any atom is -0.307 e. The van der Waals surface area contributed by atoms with E-state index in [-0.39, 0.29) is 0 Å². The average Bonchev–Trinajstić information content (AvgIpc) is 3.13. The Morgan fingerprint density at radius 2 is 2.14 bits per heavy atom. The van der Waals surface area contributed by atoms with Crippen LogP contribution < -0.4 is 5.32 Å². The highest BCUT2D eigenvalue weighted by atomic mass is 32.1. The van der Waals surface area contributed by atoms with E-state index >= 15 is 0 Å². The van der Waals surface area contributed by atoms with Crippen LogP contribution >= 0.6 is 11.3 Å². The second kappa shape index (κ2) is 4.86. The number of nitrogens with zero attached hydrogens (tertiary/aromatic N) is 3. The van der Waals surface area contributed by atoms with E-state index < -0.39 is 0 Å². The summed E-state index contributed by atoms with van der Waals surface area (Å²) in [5, 5.41) is 5.44. The predicted molar refractivity (Wildman–Crippen MR) is 85.3 cm³/mol. The normalized spacial score (nSPS) is 14.0. The Kier molecular flexibility index (Phi) is 2.97. The van der Waals surface area contributed by atoms with Gasteiger partial charge in [0.15, 0.2) is 5.82 Å². The molecule has 1 N–H and O–H groups in total. The molecule has 1 aliphatic heterocycles. The monoisotopic (exact) mass is 296 g/mol. The summed E-state index contributed by atoms with van der Waals surface area (Å²) >= 11 is 1.70. The summed E-state index contributed by atoms with van der Waals surface area (Å²) in [4.78, 5) is 14.1. The first-order chi connectivity index (χ1) is 10.2. The number of pyridine rings is 1. The maximum Gasteiger partial charge on any atom is 0.161 e. The molecule has 1 aliphatic rings. The van der Waals surface area contributed by atoms with Gasteiger partial charge in [0.2, 0.25) is 0 Å². The number of aromatic nitrogens is 3. The van der Waals surface area contributed by atoms with Gasteiger partial charge in [0.1, 0.15) is 0 Å². The summed E-state index contributed by atoms with van der Waals surface area (Å²) in [5.41, 5.74) is 5.61. The van der Waals surface area contributed by atoms with E-state index in [0.29, 0.717) is 5.92 Å². The minimum atomic E-state index is 0.402. The minimum absolute atomic E-state index is 0.402. The molecule has 3 aromatic rings. The van der Waals surface area contributed by atoms with Crippen LogP contribution in [0.3, 0.4) is 0 Å². The van der Waals surface area contributed by atoms with Crippen molar-refractivity contribution in [1.29, 1.82) is 0 Å². The van der Waals surface area contributed by atoms with Gasteiger partial charge in [0, 0.05) is 30.4 Å². The smallest absolute Gasteiger partial charge is 0.161 e. The van der Waals surface area contributed by atoms with Crippen LogP contribution in [0, 0.1) is 0 Å². The topological polar surface area (TPSA) is 50.7 Å². The number of thiophene rings is 1. The van der Waals surface area contributed by atoms with Gasteiger partial charge in [0.25, 0.3) is 0 Å². The standard InChI is InChI=1S/C16H16N4S/c1-9(2)15-11-7-17-8-13(11)19-16(20-15)10-5-14-12(18-6-10)3-4-21-14/h3-6,9,17H,7-8H2,1-2H3. The van der Waals surface area contributed by atoms with Crippen molar-refractivity contribution in [2.75, 3.05) is 0 Å². The first-order valence-corrected chi connectivity index (χ1v) is 8.04. The highest BCUT2D eigenvalue weighted by Crippen LogP contribution is 2.28. The first kappa shape index (κ1) is 12.9. The lowest BCUT2D eigenvalue weighted by Crippen LogP contribution is -2.05. The maximum absolute atomic E-state index is 4.82. The molecular weight excluding hydrogens is 280 g/mol. The molecule has 0 aromatic carbocycles. The molecule has 0 aliphatic carbocycles. The zero-order chi connectivity index (χ0) is 14.4. The lowest BCUT2D eigenvalue weighted by atomic mass is 10.0. The first-order valence-electron chi connectivity index (χ1n) is 7.16. The third-order valence-electron chi connectivity index (χ3n) is 3.83. The third kappa shape index (κ3) is 2.13. The fourth-order valence-electron chi connectivity index (χ4n) is 2.77. The van der Waals surface area contributed by atoms with E-state index in [4.69, 9.17) is 9.97 Å². The summed E-state index contributed by atoms with van der Waals surface area (Å²) in [6.45, 7) is 6.08. The molecule has 0 fully saturated rings. The molecule has 5 heteroatoms. The van der Waals surface area contributed by atoms with Crippen molar-refractivity contribution in [3.63, 3.8) is 0 Å². The van der Waals surface area contributed by atoms with Crippen molar-refractivity contribution < 1.29 is 0 Å². The number of fused-ring (bicyclic) bond motifs is 2. The van der Waals surface area contributed by atoms with Crippen molar-refractivity contribution in [2.45, 2.75) is 32.9 Å². The Labute approximate surface area is 127 Å². The van der Waals surface area contributed by atoms with Crippen LogP contribution in [-0.2, 0) is 13.1 Å². The summed E-state index contributed by atoms with van der Waals surface area (Å²) in [6.07, 6.45) is 1.88. The van der Waals surface area contributed by atoms with Crippen LogP contribution in [0.15, 0.2) is 23.7 Å². The molecular formula is C16H16N4S. The summed E-state index contributed by atoms with van der Waals surface area (Å²) in [7, 11) is 0. The van der Waals surface area contributed by atoms with Gasteiger partial charge in [-0.05, 0) is 23.4 Å². The fourth-order valence-corrected chi connectivity index (χ4v) is 3.55. The molecule has 4 heterocycles. The second-order valence-electron chi connectivity index (χ2n) is 5.64.